The minimum absolute atomic E-state index is 0.240. The zero-order chi connectivity index (χ0) is 19.0. The van der Waals surface area contributed by atoms with Gasteiger partial charge in [0.2, 0.25) is 0 Å². The number of nitrogens with zero attached hydrogens (tertiary/aromatic N) is 5. The SMILES string of the molecule is CSc1ccc2c(c1)C(C=O)N(c1cccc(-c3nncn3C(C)C)n1)C2. The van der Waals surface area contributed by atoms with Crippen LogP contribution in [0.25, 0.3) is 11.5 Å². The van der Waals surface area contributed by atoms with E-state index in [-0.39, 0.29) is 12.1 Å². The van der Waals surface area contributed by atoms with Gasteiger partial charge in [-0.1, -0.05) is 12.1 Å². The topological polar surface area (TPSA) is 63.9 Å². The van der Waals surface area contributed by atoms with E-state index in [1.54, 1.807) is 18.1 Å². The zero-order valence-electron chi connectivity index (χ0n) is 15.5. The third-order valence-corrected chi connectivity index (χ3v) is 5.59. The number of anilines is 1. The van der Waals surface area contributed by atoms with Crippen LogP contribution in [-0.2, 0) is 11.3 Å². The number of carbonyl (C=O) groups is 1. The first-order valence-corrected chi connectivity index (χ1v) is 10.1. The summed E-state index contributed by atoms with van der Waals surface area (Å²) < 4.78 is 1.99. The summed E-state index contributed by atoms with van der Waals surface area (Å²) in [6.07, 6.45) is 4.76. The fourth-order valence-corrected chi connectivity index (χ4v) is 3.90. The molecule has 0 N–H and O–H groups in total. The van der Waals surface area contributed by atoms with E-state index in [4.69, 9.17) is 4.98 Å². The second-order valence-corrected chi connectivity index (χ2v) is 7.69. The predicted octanol–water partition coefficient (Wildman–Crippen LogP) is 3.90. The summed E-state index contributed by atoms with van der Waals surface area (Å²) in [5.74, 6) is 1.50. The number of aromatic nitrogens is 4. The van der Waals surface area contributed by atoms with Crippen molar-refractivity contribution in [2.75, 3.05) is 11.2 Å². The van der Waals surface area contributed by atoms with Crippen molar-refractivity contribution in [1.29, 1.82) is 0 Å². The molecule has 0 spiro atoms. The van der Waals surface area contributed by atoms with Crippen molar-refractivity contribution in [2.45, 2.75) is 37.4 Å². The monoisotopic (exact) mass is 379 g/mol. The number of carbonyl (C=O) groups excluding carboxylic acids is 1. The molecule has 27 heavy (non-hydrogen) atoms. The van der Waals surface area contributed by atoms with Gasteiger partial charge < -0.3 is 14.3 Å². The number of hydrogen-bond donors (Lipinski definition) is 0. The minimum Gasteiger partial charge on any atom is -0.338 e. The van der Waals surface area contributed by atoms with E-state index < -0.39 is 0 Å². The highest BCUT2D eigenvalue weighted by molar-refractivity contribution is 7.98. The molecule has 1 aliphatic heterocycles. The molecular weight excluding hydrogens is 358 g/mol. The molecule has 3 heterocycles. The first-order chi connectivity index (χ1) is 13.1. The summed E-state index contributed by atoms with van der Waals surface area (Å²) in [4.78, 5) is 19.9. The lowest BCUT2D eigenvalue weighted by molar-refractivity contribution is -0.109. The van der Waals surface area contributed by atoms with Crippen molar-refractivity contribution in [2.24, 2.45) is 0 Å². The maximum Gasteiger partial charge on any atom is 0.182 e. The number of rotatable bonds is 5. The second-order valence-electron chi connectivity index (χ2n) is 6.81. The second kappa shape index (κ2) is 7.15. The first kappa shape index (κ1) is 17.7. The van der Waals surface area contributed by atoms with Gasteiger partial charge in [0.15, 0.2) is 5.82 Å². The van der Waals surface area contributed by atoms with Crippen LogP contribution in [0.4, 0.5) is 5.82 Å². The molecule has 1 atom stereocenters. The highest BCUT2D eigenvalue weighted by Crippen LogP contribution is 2.37. The molecule has 4 rings (SSSR count). The average molecular weight is 379 g/mol. The third-order valence-electron chi connectivity index (χ3n) is 4.86. The molecule has 7 heteroatoms. The van der Waals surface area contributed by atoms with Crippen LogP contribution < -0.4 is 4.90 Å². The van der Waals surface area contributed by atoms with Gasteiger partial charge in [0.1, 0.15) is 30.2 Å². The largest absolute Gasteiger partial charge is 0.338 e. The van der Waals surface area contributed by atoms with Crippen molar-refractivity contribution in [3.63, 3.8) is 0 Å². The Bertz CT molecular complexity index is 984. The van der Waals surface area contributed by atoms with Crippen LogP contribution in [-0.4, -0.2) is 32.3 Å². The molecule has 6 nitrogen and oxygen atoms in total. The Kier molecular flexibility index (Phi) is 4.70. The van der Waals surface area contributed by atoms with Gasteiger partial charge in [-0.2, -0.15) is 0 Å². The maximum atomic E-state index is 11.9. The zero-order valence-corrected chi connectivity index (χ0v) is 16.3. The van der Waals surface area contributed by atoms with Gasteiger partial charge in [-0.3, -0.25) is 0 Å². The van der Waals surface area contributed by atoms with E-state index in [9.17, 15) is 4.79 Å². The van der Waals surface area contributed by atoms with Crippen LogP contribution in [0.15, 0.2) is 47.6 Å². The van der Waals surface area contributed by atoms with Gasteiger partial charge >= 0.3 is 0 Å². The van der Waals surface area contributed by atoms with Crippen molar-refractivity contribution in [3.05, 3.63) is 53.9 Å². The van der Waals surface area contributed by atoms with Crippen LogP contribution in [0.1, 0.15) is 37.1 Å². The summed E-state index contributed by atoms with van der Waals surface area (Å²) >= 11 is 1.68. The Balaban J connectivity index is 1.72. The molecule has 2 aromatic heterocycles. The molecule has 0 fully saturated rings. The molecule has 1 unspecified atom stereocenters. The summed E-state index contributed by atoms with van der Waals surface area (Å²) in [6, 6.07) is 12.1. The van der Waals surface area contributed by atoms with E-state index >= 15 is 0 Å². The Labute approximate surface area is 162 Å². The Morgan fingerprint density at radius 1 is 1.26 bits per heavy atom. The Morgan fingerprint density at radius 2 is 2.11 bits per heavy atom. The quantitative estimate of drug-likeness (QED) is 0.495. The van der Waals surface area contributed by atoms with Crippen LogP contribution in [0.5, 0.6) is 0 Å². The molecule has 3 aromatic rings. The van der Waals surface area contributed by atoms with Gasteiger partial charge in [0.25, 0.3) is 0 Å². The molecule has 1 aliphatic rings. The molecule has 1 aromatic carbocycles. The van der Waals surface area contributed by atoms with Gasteiger partial charge in [0, 0.05) is 17.5 Å². The fourth-order valence-electron chi connectivity index (χ4n) is 3.45. The van der Waals surface area contributed by atoms with Crippen molar-refractivity contribution in [3.8, 4) is 11.5 Å². The number of pyridine rings is 1. The van der Waals surface area contributed by atoms with Gasteiger partial charge in [0.05, 0.1) is 0 Å². The van der Waals surface area contributed by atoms with E-state index in [1.165, 1.54) is 5.56 Å². The summed E-state index contributed by atoms with van der Waals surface area (Å²) in [5.41, 5.74) is 2.99. The average Bonchev–Trinajstić information content (AvgIpc) is 3.32. The standard InChI is InChI=1S/C20H21N5OS/c1-13(2)25-12-21-23-20(25)17-5-4-6-19(22-17)24-10-14-7-8-15(27-3)9-16(14)18(24)11-26/h4-9,11-13,18H,10H2,1-3H3. The van der Waals surface area contributed by atoms with Crippen LogP contribution in [0.3, 0.4) is 0 Å². The molecule has 0 radical (unpaired) electrons. The lowest BCUT2D eigenvalue weighted by Crippen LogP contribution is -2.23. The molecule has 0 amide bonds. The smallest absolute Gasteiger partial charge is 0.182 e. The summed E-state index contributed by atoms with van der Waals surface area (Å²) in [5, 5.41) is 8.27. The van der Waals surface area contributed by atoms with E-state index in [2.05, 4.69) is 42.2 Å². The minimum atomic E-state index is -0.321. The molecule has 138 valence electrons. The van der Waals surface area contributed by atoms with E-state index in [0.29, 0.717) is 6.54 Å². The summed E-state index contributed by atoms with van der Waals surface area (Å²) in [7, 11) is 0. The van der Waals surface area contributed by atoms with Crippen molar-refractivity contribution < 1.29 is 4.79 Å². The van der Waals surface area contributed by atoms with Crippen LogP contribution >= 0.6 is 11.8 Å². The summed E-state index contributed by atoms with van der Waals surface area (Å²) in [6.45, 7) is 4.83. The number of hydrogen-bond acceptors (Lipinski definition) is 6. The van der Waals surface area contributed by atoms with Gasteiger partial charge in [-0.05, 0) is 55.5 Å². The predicted molar refractivity (Wildman–Crippen MR) is 107 cm³/mol. The molecule has 0 saturated heterocycles. The van der Waals surface area contributed by atoms with Gasteiger partial charge in [-0.25, -0.2) is 4.98 Å². The lowest BCUT2D eigenvalue weighted by atomic mass is 10.1. The number of benzene rings is 1. The highest BCUT2D eigenvalue weighted by Gasteiger charge is 2.31. The van der Waals surface area contributed by atoms with Gasteiger partial charge in [-0.15, -0.1) is 22.0 Å². The Hall–Kier alpha value is -2.67. The van der Waals surface area contributed by atoms with E-state index in [1.807, 2.05) is 33.9 Å². The highest BCUT2D eigenvalue weighted by atomic mass is 32.2. The Morgan fingerprint density at radius 3 is 2.85 bits per heavy atom. The number of aldehydes is 1. The first-order valence-electron chi connectivity index (χ1n) is 8.88. The van der Waals surface area contributed by atoms with Crippen LogP contribution in [0.2, 0.25) is 0 Å². The van der Waals surface area contributed by atoms with E-state index in [0.717, 1.165) is 34.1 Å². The lowest BCUT2D eigenvalue weighted by Gasteiger charge is -2.22. The molecular formula is C20H21N5OS. The normalized spacial score (nSPS) is 16.0. The molecule has 0 bridgehead atoms. The number of fused-ring (bicyclic) bond motifs is 1. The maximum absolute atomic E-state index is 11.9. The van der Waals surface area contributed by atoms with Crippen LogP contribution in [0, 0.1) is 0 Å². The van der Waals surface area contributed by atoms with Crippen molar-refractivity contribution >= 4 is 23.9 Å². The van der Waals surface area contributed by atoms with Crippen molar-refractivity contribution in [1.82, 2.24) is 19.7 Å². The fraction of sp³-hybridized carbons (Fsp3) is 0.300. The number of thioether (sulfide) groups is 1. The molecule has 0 saturated carbocycles. The third kappa shape index (κ3) is 3.12. The molecule has 0 aliphatic carbocycles.